The molecule has 0 aliphatic heterocycles. The molecular formula is C14H22N2O2S. The molecule has 0 saturated heterocycles. The average molecular weight is 282 g/mol. The summed E-state index contributed by atoms with van der Waals surface area (Å²) in [5.74, 6) is 0.795. The molecule has 1 atom stereocenters. The lowest BCUT2D eigenvalue weighted by Gasteiger charge is -2.18. The summed E-state index contributed by atoms with van der Waals surface area (Å²) in [4.78, 5) is 11.9. The summed E-state index contributed by atoms with van der Waals surface area (Å²) in [6.07, 6.45) is 3.43. The van der Waals surface area contributed by atoms with Gasteiger partial charge in [0.15, 0.2) is 0 Å². The number of aliphatic hydroxyl groups excluding tert-OH is 1. The highest BCUT2D eigenvalue weighted by molar-refractivity contribution is 7.98. The number of rotatable bonds is 7. The highest BCUT2D eigenvalue weighted by atomic mass is 32.2. The molecule has 0 fully saturated rings. The number of carbonyl (C=O) groups excluding carboxylic acids is 1. The van der Waals surface area contributed by atoms with Crippen molar-refractivity contribution < 1.29 is 9.90 Å². The van der Waals surface area contributed by atoms with Gasteiger partial charge in [0.2, 0.25) is 0 Å². The summed E-state index contributed by atoms with van der Waals surface area (Å²) in [5.41, 5.74) is 1.95. The van der Waals surface area contributed by atoms with E-state index in [0.29, 0.717) is 6.42 Å². The molecule has 5 heteroatoms. The maximum atomic E-state index is 11.9. The van der Waals surface area contributed by atoms with Gasteiger partial charge < -0.3 is 15.7 Å². The molecule has 0 spiro atoms. The van der Waals surface area contributed by atoms with Gasteiger partial charge in [-0.25, -0.2) is 4.79 Å². The SMILES string of the molecule is CCc1ccccc1NC(=O)N[C@@H](CCO)CSC. The fourth-order valence-electron chi connectivity index (χ4n) is 1.85. The zero-order chi connectivity index (χ0) is 14.1. The zero-order valence-electron chi connectivity index (χ0n) is 11.5. The minimum atomic E-state index is -0.214. The van der Waals surface area contributed by atoms with Crippen LogP contribution in [0.2, 0.25) is 0 Å². The summed E-state index contributed by atoms with van der Waals surface area (Å²) < 4.78 is 0. The topological polar surface area (TPSA) is 61.4 Å². The number of benzene rings is 1. The van der Waals surface area contributed by atoms with Crippen molar-refractivity contribution in [2.24, 2.45) is 0 Å². The van der Waals surface area contributed by atoms with Crippen molar-refractivity contribution >= 4 is 23.5 Å². The number of hydrogen-bond donors (Lipinski definition) is 3. The summed E-state index contributed by atoms with van der Waals surface area (Å²) in [7, 11) is 0. The van der Waals surface area contributed by atoms with E-state index in [4.69, 9.17) is 5.11 Å². The van der Waals surface area contributed by atoms with E-state index in [-0.39, 0.29) is 18.7 Å². The largest absolute Gasteiger partial charge is 0.396 e. The summed E-state index contributed by atoms with van der Waals surface area (Å²) >= 11 is 1.65. The van der Waals surface area contributed by atoms with Gasteiger partial charge in [0.1, 0.15) is 0 Å². The number of para-hydroxylation sites is 1. The van der Waals surface area contributed by atoms with Crippen LogP contribution in [0.3, 0.4) is 0 Å². The number of carbonyl (C=O) groups is 1. The number of aryl methyl sites for hydroxylation is 1. The first kappa shape index (κ1) is 15.9. The van der Waals surface area contributed by atoms with E-state index in [0.717, 1.165) is 23.4 Å². The molecule has 3 N–H and O–H groups in total. The van der Waals surface area contributed by atoms with Crippen molar-refractivity contribution in [2.45, 2.75) is 25.8 Å². The predicted octanol–water partition coefficient (Wildman–Crippen LogP) is 2.48. The Hall–Kier alpha value is -1.20. The third-order valence-corrected chi connectivity index (χ3v) is 3.56. The monoisotopic (exact) mass is 282 g/mol. The van der Waals surface area contributed by atoms with Crippen LogP contribution >= 0.6 is 11.8 Å². The van der Waals surface area contributed by atoms with Gasteiger partial charge in [0.25, 0.3) is 0 Å². The first-order valence-corrected chi connectivity index (χ1v) is 7.85. The van der Waals surface area contributed by atoms with Crippen molar-refractivity contribution in [1.29, 1.82) is 0 Å². The molecular weight excluding hydrogens is 260 g/mol. The Morgan fingerprint density at radius 3 is 2.79 bits per heavy atom. The number of nitrogens with one attached hydrogen (secondary N) is 2. The van der Waals surface area contributed by atoms with Crippen molar-refractivity contribution in [1.82, 2.24) is 5.32 Å². The van der Waals surface area contributed by atoms with Crippen LogP contribution in [0.1, 0.15) is 18.9 Å². The first-order valence-electron chi connectivity index (χ1n) is 6.46. The highest BCUT2D eigenvalue weighted by Crippen LogP contribution is 2.15. The van der Waals surface area contributed by atoms with Crippen molar-refractivity contribution in [2.75, 3.05) is 23.9 Å². The van der Waals surface area contributed by atoms with E-state index in [1.807, 2.05) is 30.5 Å². The minimum Gasteiger partial charge on any atom is -0.396 e. The Bertz CT molecular complexity index is 393. The Morgan fingerprint density at radius 2 is 2.16 bits per heavy atom. The van der Waals surface area contributed by atoms with Crippen LogP contribution in [-0.4, -0.2) is 35.8 Å². The molecule has 1 rings (SSSR count). The fraction of sp³-hybridized carbons (Fsp3) is 0.500. The molecule has 0 aromatic heterocycles. The van der Waals surface area contributed by atoms with Crippen LogP contribution in [0, 0.1) is 0 Å². The van der Waals surface area contributed by atoms with Gasteiger partial charge in [-0.3, -0.25) is 0 Å². The van der Waals surface area contributed by atoms with E-state index >= 15 is 0 Å². The number of amides is 2. The summed E-state index contributed by atoms with van der Waals surface area (Å²) in [5, 5.41) is 14.7. The van der Waals surface area contributed by atoms with E-state index in [2.05, 4.69) is 17.6 Å². The molecule has 0 bridgehead atoms. The molecule has 0 radical (unpaired) electrons. The van der Waals surface area contributed by atoms with Gasteiger partial charge in [-0.1, -0.05) is 25.1 Å². The lowest BCUT2D eigenvalue weighted by molar-refractivity contribution is 0.241. The Balaban J connectivity index is 2.58. The molecule has 106 valence electrons. The Kier molecular flexibility index (Phi) is 7.36. The van der Waals surface area contributed by atoms with E-state index in [9.17, 15) is 4.79 Å². The third-order valence-electron chi connectivity index (χ3n) is 2.83. The van der Waals surface area contributed by atoms with Crippen molar-refractivity contribution in [3.05, 3.63) is 29.8 Å². The number of urea groups is 1. The molecule has 1 aromatic carbocycles. The van der Waals surface area contributed by atoms with Gasteiger partial charge in [0, 0.05) is 24.1 Å². The van der Waals surface area contributed by atoms with E-state index in [1.54, 1.807) is 11.8 Å². The number of aliphatic hydroxyl groups is 1. The second-order valence-electron chi connectivity index (χ2n) is 4.27. The molecule has 0 aliphatic carbocycles. The number of anilines is 1. The lowest BCUT2D eigenvalue weighted by Crippen LogP contribution is -2.40. The first-order chi connectivity index (χ1) is 9.21. The van der Waals surface area contributed by atoms with Crippen LogP contribution < -0.4 is 10.6 Å². The summed E-state index contributed by atoms with van der Waals surface area (Å²) in [6.45, 7) is 2.14. The molecule has 0 unspecified atom stereocenters. The zero-order valence-corrected chi connectivity index (χ0v) is 12.3. The Morgan fingerprint density at radius 1 is 1.42 bits per heavy atom. The number of hydrogen-bond acceptors (Lipinski definition) is 3. The maximum Gasteiger partial charge on any atom is 0.319 e. The number of thioether (sulfide) groups is 1. The van der Waals surface area contributed by atoms with Gasteiger partial charge in [0.05, 0.1) is 0 Å². The van der Waals surface area contributed by atoms with Gasteiger partial charge in [-0.15, -0.1) is 0 Å². The molecule has 0 aliphatic rings. The molecule has 0 heterocycles. The van der Waals surface area contributed by atoms with Crippen molar-refractivity contribution in [3.63, 3.8) is 0 Å². The van der Waals surface area contributed by atoms with Crippen LogP contribution in [0.4, 0.5) is 10.5 Å². The van der Waals surface area contributed by atoms with Crippen LogP contribution in [0.5, 0.6) is 0 Å². The second kappa shape index (κ2) is 8.82. The quantitative estimate of drug-likeness (QED) is 0.720. The second-order valence-corrected chi connectivity index (χ2v) is 5.18. The van der Waals surface area contributed by atoms with Crippen LogP contribution in [-0.2, 0) is 6.42 Å². The molecule has 1 aromatic rings. The lowest BCUT2D eigenvalue weighted by atomic mass is 10.1. The highest BCUT2D eigenvalue weighted by Gasteiger charge is 2.12. The predicted molar refractivity (Wildman–Crippen MR) is 81.8 cm³/mol. The standard InChI is InChI=1S/C14H22N2O2S/c1-3-11-6-4-5-7-13(11)16-14(18)15-12(8-9-17)10-19-2/h4-7,12,17H,3,8-10H2,1-2H3,(H2,15,16,18)/t12-/m0/s1. The molecule has 19 heavy (non-hydrogen) atoms. The van der Waals surface area contributed by atoms with Gasteiger partial charge >= 0.3 is 6.03 Å². The van der Waals surface area contributed by atoms with Crippen LogP contribution in [0.15, 0.2) is 24.3 Å². The minimum absolute atomic E-state index is 0.00575. The molecule has 0 saturated carbocycles. The van der Waals surface area contributed by atoms with Gasteiger partial charge in [-0.05, 0) is 30.7 Å². The Labute approximate surface area is 119 Å². The smallest absolute Gasteiger partial charge is 0.319 e. The van der Waals surface area contributed by atoms with E-state index in [1.165, 1.54) is 0 Å². The van der Waals surface area contributed by atoms with E-state index < -0.39 is 0 Å². The summed E-state index contributed by atoms with van der Waals surface area (Å²) in [6, 6.07) is 7.55. The van der Waals surface area contributed by atoms with Gasteiger partial charge in [-0.2, -0.15) is 11.8 Å². The normalized spacial score (nSPS) is 11.9. The third kappa shape index (κ3) is 5.53. The van der Waals surface area contributed by atoms with Crippen LogP contribution in [0.25, 0.3) is 0 Å². The average Bonchev–Trinajstić information content (AvgIpc) is 2.40. The maximum absolute atomic E-state index is 11.9. The molecule has 4 nitrogen and oxygen atoms in total. The fourth-order valence-corrected chi connectivity index (χ4v) is 2.50. The van der Waals surface area contributed by atoms with Crippen molar-refractivity contribution in [3.8, 4) is 0 Å². The molecule has 2 amide bonds.